The smallest absolute Gasteiger partial charge is 0.244 e. The summed E-state index contributed by atoms with van der Waals surface area (Å²) in [5.74, 6) is 0.404. The highest BCUT2D eigenvalue weighted by molar-refractivity contribution is 7.92. The number of carbonyl (C=O) groups excluding carboxylic acids is 2. The van der Waals surface area contributed by atoms with E-state index >= 15 is 0 Å². The van der Waals surface area contributed by atoms with Gasteiger partial charge in [0.15, 0.2) is 0 Å². The van der Waals surface area contributed by atoms with Gasteiger partial charge in [0.1, 0.15) is 24.1 Å². The van der Waals surface area contributed by atoms with Crippen LogP contribution in [0.25, 0.3) is 0 Å². The number of benzene rings is 2. The number of hydrogen-bond acceptors (Lipinski definition) is 6. The van der Waals surface area contributed by atoms with Crippen molar-refractivity contribution in [3.8, 4) is 11.5 Å². The Morgan fingerprint density at radius 3 is 2.03 bits per heavy atom. The van der Waals surface area contributed by atoms with Gasteiger partial charge in [0, 0.05) is 12.1 Å². The van der Waals surface area contributed by atoms with Crippen molar-refractivity contribution >= 4 is 27.5 Å². The summed E-state index contributed by atoms with van der Waals surface area (Å²) >= 11 is 0. The number of nitrogens with one attached hydrogen (secondary N) is 1. The Morgan fingerprint density at radius 2 is 1.56 bits per heavy atom. The van der Waals surface area contributed by atoms with Crippen molar-refractivity contribution in [2.45, 2.75) is 52.7 Å². The fraction of sp³-hybridized carbons (Fsp3) is 0.462. The SMILES string of the molecule is CCOc1ccc(N(CC(=O)N(Cc2ccc(OC)cc2)[C@H](C)C(=O)NC(C)(C)C)S(C)(=O)=O)cc1. The summed E-state index contributed by atoms with van der Waals surface area (Å²) in [4.78, 5) is 27.9. The lowest BCUT2D eigenvalue weighted by Gasteiger charge is -2.33. The molecule has 0 fully saturated rings. The number of ether oxygens (including phenoxy) is 2. The Hall–Kier alpha value is -3.27. The quantitative estimate of drug-likeness (QED) is 0.489. The van der Waals surface area contributed by atoms with E-state index in [9.17, 15) is 18.0 Å². The van der Waals surface area contributed by atoms with Crippen LogP contribution in [0.1, 0.15) is 40.2 Å². The van der Waals surface area contributed by atoms with E-state index in [4.69, 9.17) is 9.47 Å². The Kier molecular flexibility index (Phi) is 9.75. The van der Waals surface area contributed by atoms with Crippen molar-refractivity contribution in [1.82, 2.24) is 10.2 Å². The van der Waals surface area contributed by atoms with E-state index in [-0.39, 0.29) is 12.5 Å². The minimum Gasteiger partial charge on any atom is -0.497 e. The van der Waals surface area contributed by atoms with Crippen LogP contribution in [0, 0.1) is 0 Å². The first-order valence-electron chi connectivity index (χ1n) is 11.7. The van der Waals surface area contributed by atoms with Crippen LogP contribution in [-0.2, 0) is 26.2 Å². The van der Waals surface area contributed by atoms with Crippen LogP contribution < -0.4 is 19.1 Å². The first kappa shape index (κ1) is 29.0. The van der Waals surface area contributed by atoms with Gasteiger partial charge < -0.3 is 19.7 Å². The second-order valence-electron chi connectivity index (χ2n) is 9.48. The van der Waals surface area contributed by atoms with Crippen LogP contribution in [0.3, 0.4) is 0 Å². The molecule has 0 aliphatic carbocycles. The predicted molar refractivity (Wildman–Crippen MR) is 141 cm³/mol. The lowest BCUT2D eigenvalue weighted by molar-refractivity contribution is -0.140. The Morgan fingerprint density at radius 1 is 1.00 bits per heavy atom. The van der Waals surface area contributed by atoms with E-state index in [1.165, 1.54) is 4.90 Å². The molecule has 0 unspecified atom stereocenters. The minimum atomic E-state index is -3.80. The van der Waals surface area contributed by atoms with Crippen molar-refractivity contribution in [1.29, 1.82) is 0 Å². The summed E-state index contributed by atoms with van der Waals surface area (Å²) in [6.45, 7) is 9.16. The normalized spacial score (nSPS) is 12.4. The van der Waals surface area contributed by atoms with E-state index in [1.54, 1.807) is 62.6 Å². The monoisotopic (exact) mass is 519 g/mol. The molecule has 10 heteroatoms. The minimum absolute atomic E-state index is 0.114. The van der Waals surface area contributed by atoms with Gasteiger partial charge in [0.25, 0.3) is 0 Å². The van der Waals surface area contributed by atoms with Crippen LogP contribution in [0.5, 0.6) is 11.5 Å². The van der Waals surface area contributed by atoms with Crippen molar-refractivity contribution in [2.24, 2.45) is 0 Å². The standard InChI is InChI=1S/C26H37N3O6S/c1-8-35-23-15-11-21(12-16-23)29(36(7,32)33)18-24(30)28(19(2)25(31)27-26(3,4)5)17-20-9-13-22(34-6)14-10-20/h9-16,19H,8,17-18H2,1-7H3,(H,27,31)/t19-/m1/s1. The van der Waals surface area contributed by atoms with Gasteiger partial charge >= 0.3 is 0 Å². The molecule has 2 amide bonds. The highest BCUT2D eigenvalue weighted by Crippen LogP contribution is 2.23. The number of anilines is 1. The zero-order valence-corrected chi connectivity index (χ0v) is 22.9. The molecular weight excluding hydrogens is 482 g/mol. The first-order valence-corrected chi connectivity index (χ1v) is 13.5. The largest absolute Gasteiger partial charge is 0.497 e. The zero-order valence-electron chi connectivity index (χ0n) is 22.1. The van der Waals surface area contributed by atoms with Crippen molar-refractivity contribution in [3.63, 3.8) is 0 Å². The first-order chi connectivity index (χ1) is 16.7. The third-order valence-corrected chi connectivity index (χ3v) is 6.43. The lowest BCUT2D eigenvalue weighted by Crippen LogP contribution is -2.54. The van der Waals surface area contributed by atoms with Gasteiger partial charge in [-0.05, 0) is 76.6 Å². The highest BCUT2D eigenvalue weighted by atomic mass is 32.2. The van der Waals surface area contributed by atoms with E-state index in [1.807, 2.05) is 27.7 Å². The third-order valence-electron chi connectivity index (χ3n) is 5.29. The van der Waals surface area contributed by atoms with E-state index in [0.29, 0.717) is 23.8 Å². The molecule has 2 rings (SSSR count). The fourth-order valence-corrected chi connectivity index (χ4v) is 4.32. The summed E-state index contributed by atoms with van der Waals surface area (Å²) < 4.78 is 37.0. The summed E-state index contributed by atoms with van der Waals surface area (Å²) in [5.41, 5.74) is 0.596. The predicted octanol–water partition coefficient (Wildman–Crippen LogP) is 3.19. The Balaban J connectivity index is 2.38. The van der Waals surface area contributed by atoms with Gasteiger partial charge in [-0.2, -0.15) is 0 Å². The molecule has 0 spiro atoms. The molecular formula is C26H37N3O6S. The molecule has 198 valence electrons. The zero-order chi connectivity index (χ0) is 27.1. The molecule has 36 heavy (non-hydrogen) atoms. The number of rotatable bonds is 11. The lowest BCUT2D eigenvalue weighted by atomic mass is 10.1. The average molecular weight is 520 g/mol. The second-order valence-corrected chi connectivity index (χ2v) is 11.4. The summed E-state index contributed by atoms with van der Waals surface area (Å²) in [6, 6.07) is 12.8. The van der Waals surface area contributed by atoms with Crippen LogP contribution >= 0.6 is 0 Å². The number of carbonyl (C=O) groups is 2. The molecule has 9 nitrogen and oxygen atoms in total. The van der Waals surface area contributed by atoms with E-state index < -0.39 is 34.1 Å². The van der Waals surface area contributed by atoms with Crippen molar-refractivity contribution < 1.29 is 27.5 Å². The average Bonchev–Trinajstić information content (AvgIpc) is 2.80. The summed E-state index contributed by atoms with van der Waals surface area (Å²) in [7, 11) is -2.24. The number of sulfonamides is 1. The molecule has 0 bridgehead atoms. The number of nitrogens with zero attached hydrogens (tertiary/aromatic N) is 2. The molecule has 0 radical (unpaired) electrons. The molecule has 1 atom stereocenters. The Bertz CT molecular complexity index is 1130. The molecule has 2 aromatic carbocycles. The molecule has 0 aliphatic rings. The van der Waals surface area contributed by atoms with Crippen molar-refractivity contribution in [2.75, 3.05) is 30.8 Å². The van der Waals surface area contributed by atoms with Crippen LogP contribution in [0.15, 0.2) is 48.5 Å². The number of amides is 2. The molecule has 1 N–H and O–H groups in total. The van der Waals surface area contributed by atoms with Crippen LogP contribution in [0.2, 0.25) is 0 Å². The van der Waals surface area contributed by atoms with Gasteiger partial charge in [-0.15, -0.1) is 0 Å². The second kappa shape index (κ2) is 12.1. The van der Waals surface area contributed by atoms with Gasteiger partial charge in [-0.25, -0.2) is 8.42 Å². The van der Waals surface area contributed by atoms with Crippen LogP contribution in [0.4, 0.5) is 5.69 Å². The maximum atomic E-state index is 13.6. The molecule has 0 saturated heterocycles. The number of hydrogen-bond donors (Lipinski definition) is 1. The molecule has 2 aromatic rings. The summed E-state index contributed by atoms with van der Waals surface area (Å²) in [6.07, 6.45) is 1.04. The van der Waals surface area contributed by atoms with Gasteiger partial charge in [-0.1, -0.05) is 12.1 Å². The summed E-state index contributed by atoms with van der Waals surface area (Å²) in [5, 5.41) is 2.89. The maximum absolute atomic E-state index is 13.6. The van der Waals surface area contributed by atoms with Gasteiger partial charge in [-0.3, -0.25) is 13.9 Å². The van der Waals surface area contributed by atoms with Gasteiger partial charge in [0.2, 0.25) is 21.8 Å². The van der Waals surface area contributed by atoms with Crippen molar-refractivity contribution in [3.05, 3.63) is 54.1 Å². The Labute approximate surface area is 214 Å². The molecule has 0 aromatic heterocycles. The topological polar surface area (TPSA) is 105 Å². The third kappa shape index (κ3) is 8.44. The van der Waals surface area contributed by atoms with E-state index in [0.717, 1.165) is 16.1 Å². The fourth-order valence-electron chi connectivity index (χ4n) is 3.47. The van der Waals surface area contributed by atoms with Crippen LogP contribution in [-0.4, -0.2) is 63.2 Å². The molecule has 0 saturated carbocycles. The molecule has 0 aliphatic heterocycles. The highest BCUT2D eigenvalue weighted by Gasteiger charge is 2.31. The van der Waals surface area contributed by atoms with E-state index in [2.05, 4.69) is 5.32 Å². The maximum Gasteiger partial charge on any atom is 0.244 e. The van der Waals surface area contributed by atoms with Gasteiger partial charge in [0.05, 0.1) is 25.7 Å². The molecule has 0 heterocycles. The number of methoxy groups -OCH3 is 1.